The summed E-state index contributed by atoms with van der Waals surface area (Å²) in [5.41, 5.74) is -1.40. The van der Waals surface area contributed by atoms with Crippen LogP contribution in [0.25, 0.3) is 0 Å². The van der Waals surface area contributed by atoms with Crippen molar-refractivity contribution >= 4 is 17.8 Å². The van der Waals surface area contributed by atoms with Crippen LogP contribution in [0.5, 0.6) is 0 Å². The zero-order valence-corrected chi connectivity index (χ0v) is 9.10. The smallest absolute Gasteiger partial charge is 0.407 e. The first kappa shape index (κ1) is 12.5. The molecule has 0 saturated carbocycles. The molecule has 2 N–H and O–H groups in total. The van der Waals surface area contributed by atoms with Crippen molar-refractivity contribution in [1.29, 1.82) is 0 Å². The highest BCUT2D eigenvalue weighted by atomic mass is 16.4. The van der Waals surface area contributed by atoms with Gasteiger partial charge in [0.1, 0.15) is 5.41 Å². The Morgan fingerprint density at radius 3 is 2.44 bits per heavy atom. The number of amides is 1. The van der Waals surface area contributed by atoms with Crippen LogP contribution in [-0.2, 0) is 9.59 Å². The molecule has 0 radical (unpaired) electrons. The Hall–Kier alpha value is -1.59. The van der Waals surface area contributed by atoms with Gasteiger partial charge in [-0.1, -0.05) is 6.92 Å². The van der Waals surface area contributed by atoms with Crippen LogP contribution < -0.4 is 0 Å². The van der Waals surface area contributed by atoms with E-state index >= 15 is 0 Å². The summed E-state index contributed by atoms with van der Waals surface area (Å²) in [5, 5.41) is 17.9. The number of carboxylic acids is 1. The zero-order valence-electron chi connectivity index (χ0n) is 9.10. The molecule has 0 spiro atoms. The monoisotopic (exact) mass is 229 g/mol. The molecule has 1 heterocycles. The molecular weight excluding hydrogens is 214 g/mol. The lowest BCUT2D eigenvalue weighted by Gasteiger charge is -2.24. The zero-order chi connectivity index (χ0) is 12.3. The van der Waals surface area contributed by atoms with Crippen molar-refractivity contribution < 1.29 is 24.6 Å². The summed E-state index contributed by atoms with van der Waals surface area (Å²) in [7, 11) is 0. The minimum Gasteiger partial charge on any atom is -0.480 e. The molecule has 0 aromatic carbocycles. The number of carboxylic acid groups (broad SMARTS) is 2. The molecule has 1 amide bonds. The van der Waals surface area contributed by atoms with Crippen molar-refractivity contribution in [2.75, 3.05) is 13.1 Å². The van der Waals surface area contributed by atoms with E-state index < -0.39 is 17.5 Å². The van der Waals surface area contributed by atoms with Gasteiger partial charge in [0, 0.05) is 19.5 Å². The lowest BCUT2D eigenvalue weighted by molar-refractivity contribution is -0.155. The molecule has 0 bridgehead atoms. The first-order valence-electron chi connectivity index (χ1n) is 5.18. The molecule has 0 aromatic heterocycles. The Bertz CT molecular complexity index is 327. The van der Waals surface area contributed by atoms with Gasteiger partial charge in [0.15, 0.2) is 5.78 Å². The van der Waals surface area contributed by atoms with Crippen molar-refractivity contribution in [2.24, 2.45) is 5.41 Å². The minimum absolute atomic E-state index is 0.0214. The summed E-state index contributed by atoms with van der Waals surface area (Å²) < 4.78 is 0. The Morgan fingerprint density at radius 2 is 2.00 bits per heavy atom. The summed E-state index contributed by atoms with van der Waals surface area (Å²) >= 11 is 0. The number of ketones is 1. The largest absolute Gasteiger partial charge is 0.480 e. The predicted molar refractivity (Wildman–Crippen MR) is 54.2 cm³/mol. The maximum Gasteiger partial charge on any atom is 0.407 e. The second-order valence-corrected chi connectivity index (χ2v) is 3.93. The van der Waals surface area contributed by atoms with Crippen molar-refractivity contribution in [3.63, 3.8) is 0 Å². The third-order valence-corrected chi connectivity index (χ3v) is 3.23. The van der Waals surface area contributed by atoms with Crippen molar-refractivity contribution in [3.05, 3.63) is 0 Å². The first-order chi connectivity index (χ1) is 7.44. The summed E-state index contributed by atoms with van der Waals surface area (Å²) in [4.78, 5) is 34.8. The lowest BCUT2D eigenvalue weighted by atomic mass is 9.77. The van der Waals surface area contributed by atoms with Crippen LogP contribution in [0.2, 0.25) is 0 Å². The first-order valence-corrected chi connectivity index (χ1v) is 5.18. The van der Waals surface area contributed by atoms with E-state index in [9.17, 15) is 14.4 Å². The van der Waals surface area contributed by atoms with Crippen LogP contribution in [0.1, 0.15) is 26.2 Å². The summed E-state index contributed by atoms with van der Waals surface area (Å²) in [6, 6.07) is 0. The normalized spacial score (nSPS) is 26.3. The summed E-state index contributed by atoms with van der Waals surface area (Å²) in [5.74, 6) is -1.52. The topological polar surface area (TPSA) is 94.9 Å². The fourth-order valence-corrected chi connectivity index (χ4v) is 2.00. The molecule has 0 aromatic rings. The number of nitrogens with zero attached hydrogens (tertiary/aromatic N) is 1. The van der Waals surface area contributed by atoms with Gasteiger partial charge in [-0.3, -0.25) is 9.59 Å². The molecule has 0 aliphatic carbocycles. The maximum absolute atomic E-state index is 11.8. The molecule has 1 rings (SSSR count). The fourth-order valence-electron chi connectivity index (χ4n) is 2.00. The number of aliphatic carboxylic acids is 1. The SMILES string of the molecule is CCC1(C(=O)O)CCN(C(=O)O)CCC1=O. The van der Waals surface area contributed by atoms with E-state index in [1.807, 2.05) is 0 Å². The third kappa shape index (κ3) is 2.00. The Balaban J connectivity index is 2.93. The average Bonchev–Trinajstić information content (AvgIpc) is 2.38. The van der Waals surface area contributed by atoms with Crippen LogP contribution in [0.15, 0.2) is 0 Å². The van der Waals surface area contributed by atoms with Crippen LogP contribution in [0, 0.1) is 5.41 Å². The number of hydrogen-bond donors (Lipinski definition) is 2. The van der Waals surface area contributed by atoms with Gasteiger partial charge in [0.25, 0.3) is 0 Å². The van der Waals surface area contributed by atoms with Crippen LogP contribution in [-0.4, -0.2) is 46.0 Å². The number of hydrogen-bond acceptors (Lipinski definition) is 3. The lowest BCUT2D eigenvalue weighted by Crippen LogP contribution is -2.39. The number of rotatable bonds is 2. The maximum atomic E-state index is 11.8. The summed E-state index contributed by atoms with van der Waals surface area (Å²) in [6.07, 6.45) is -0.865. The quantitative estimate of drug-likeness (QED) is 0.683. The molecule has 6 heteroatoms. The molecular formula is C10H15NO5. The fraction of sp³-hybridized carbons (Fsp3) is 0.700. The Labute approximate surface area is 92.9 Å². The van der Waals surface area contributed by atoms with Gasteiger partial charge < -0.3 is 15.1 Å². The number of Topliss-reactive ketones (excluding diaryl/α,β-unsaturated/α-hetero) is 1. The number of carbonyl (C=O) groups excluding carboxylic acids is 1. The van der Waals surface area contributed by atoms with Gasteiger partial charge in [0.05, 0.1) is 0 Å². The van der Waals surface area contributed by atoms with Crippen LogP contribution in [0.3, 0.4) is 0 Å². The van der Waals surface area contributed by atoms with Gasteiger partial charge in [-0.15, -0.1) is 0 Å². The molecule has 90 valence electrons. The van der Waals surface area contributed by atoms with Crippen LogP contribution in [0.4, 0.5) is 4.79 Å². The van der Waals surface area contributed by atoms with Gasteiger partial charge in [-0.2, -0.15) is 0 Å². The highest BCUT2D eigenvalue weighted by Crippen LogP contribution is 2.32. The van der Waals surface area contributed by atoms with Gasteiger partial charge in [0.2, 0.25) is 0 Å². The van der Waals surface area contributed by atoms with Crippen molar-refractivity contribution in [1.82, 2.24) is 4.90 Å². The molecule has 1 fully saturated rings. The van der Waals surface area contributed by atoms with E-state index in [4.69, 9.17) is 10.2 Å². The molecule has 6 nitrogen and oxygen atoms in total. The van der Waals surface area contributed by atoms with E-state index in [1.54, 1.807) is 6.92 Å². The third-order valence-electron chi connectivity index (χ3n) is 3.23. The standard InChI is InChI=1S/C10H15NO5/c1-2-10(8(13)14)4-6-11(9(15)16)5-3-7(10)12/h2-6H2,1H3,(H,13,14)(H,15,16). The van der Waals surface area contributed by atoms with Gasteiger partial charge >= 0.3 is 12.1 Å². The van der Waals surface area contributed by atoms with Gasteiger partial charge in [-0.25, -0.2) is 4.79 Å². The average molecular weight is 229 g/mol. The molecule has 1 atom stereocenters. The molecule has 1 unspecified atom stereocenters. The number of carbonyl (C=O) groups is 3. The second-order valence-electron chi connectivity index (χ2n) is 3.93. The minimum atomic E-state index is -1.40. The van der Waals surface area contributed by atoms with Crippen molar-refractivity contribution in [2.45, 2.75) is 26.2 Å². The van der Waals surface area contributed by atoms with E-state index in [1.165, 1.54) is 0 Å². The van der Waals surface area contributed by atoms with Crippen LogP contribution >= 0.6 is 0 Å². The van der Waals surface area contributed by atoms with E-state index in [0.29, 0.717) is 0 Å². The highest BCUT2D eigenvalue weighted by molar-refractivity contribution is 6.03. The highest BCUT2D eigenvalue weighted by Gasteiger charge is 2.45. The van der Waals surface area contributed by atoms with E-state index in [0.717, 1.165) is 4.90 Å². The molecule has 1 saturated heterocycles. The molecule has 1 aliphatic heterocycles. The van der Waals surface area contributed by atoms with Crippen molar-refractivity contribution in [3.8, 4) is 0 Å². The van der Waals surface area contributed by atoms with Gasteiger partial charge in [-0.05, 0) is 12.8 Å². The second kappa shape index (κ2) is 4.51. The molecule has 1 aliphatic rings. The Kier molecular flexibility index (Phi) is 3.51. The van der Waals surface area contributed by atoms with E-state index in [-0.39, 0.29) is 38.1 Å². The number of likely N-dealkylation sites (tertiary alicyclic amines) is 1. The van der Waals surface area contributed by atoms with E-state index in [2.05, 4.69) is 0 Å². The molecule has 16 heavy (non-hydrogen) atoms. The predicted octanol–water partition coefficient (Wildman–Crippen LogP) is 0.810. The summed E-state index contributed by atoms with van der Waals surface area (Å²) in [6.45, 7) is 1.83. The Morgan fingerprint density at radius 1 is 1.38 bits per heavy atom.